The molecule has 3 aromatic carbocycles. The van der Waals surface area contributed by atoms with Gasteiger partial charge in [-0.3, -0.25) is 0 Å². The van der Waals surface area contributed by atoms with Crippen LogP contribution in [0.1, 0.15) is 49.1 Å². The van der Waals surface area contributed by atoms with E-state index in [1.165, 1.54) is 54.5 Å². The second-order valence-electron chi connectivity index (χ2n) is 8.70. The largest absolute Gasteiger partial charge is 0.316 e. The maximum absolute atomic E-state index is 4.97. The molecule has 0 saturated heterocycles. The van der Waals surface area contributed by atoms with E-state index >= 15 is 0 Å². The Bertz CT molecular complexity index is 1180. The van der Waals surface area contributed by atoms with Crippen LogP contribution in [-0.4, -0.2) is 4.57 Å². The summed E-state index contributed by atoms with van der Waals surface area (Å²) in [5, 5.41) is 2.27. The number of hydrogen-bond donors (Lipinski definition) is 0. The summed E-state index contributed by atoms with van der Waals surface area (Å²) >= 11 is 1.73. The van der Waals surface area contributed by atoms with E-state index in [0.717, 1.165) is 29.4 Å². The van der Waals surface area contributed by atoms with Crippen LogP contribution < -0.4 is 4.80 Å². The highest BCUT2D eigenvalue weighted by atomic mass is 32.1. The van der Waals surface area contributed by atoms with E-state index in [1.54, 1.807) is 11.3 Å². The Hall–Kier alpha value is -2.91. The lowest BCUT2D eigenvalue weighted by atomic mass is 9.84. The van der Waals surface area contributed by atoms with E-state index in [-0.39, 0.29) is 0 Å². The van der Waals surface area contributed by atoms with Gasteiger partial charge in [0.1, 0.15) is 0 Å². The summed E-state index contributed by atoms with van der Waals surface area (Å²) in [7, 11) is 0. The van der Waals surface area contributed by atoms with Gasteiger partial charge in [0.2, 0.25) is 0 Å². The first-order valence-electron chi connectivity index (χ1n) is 11.8. The average Bonchev–Trinajstić information content (AvgIpc) is 3.27. The van der Waals surface area contributed by atoms with Crippen molar-refractivity contribution in [3.05, 3.63) is 106 Å². The molecule has 3 heteroatoms. The van der Waals surface area contributed by atoms with E-state index in [2.05, 4.69) is 76.7 Å². The lowest BCUT2D eigenvalue weighted by Gasteiger charge is -2.22. The third-order valence-electron chi connectivity index (χ3n) is 6.53. The van der Waals surface area contributed by atoms with Crippen LogP contribution in [0.25, 0.3) is 11.3 Å². The van der Waals surface area contributed by atoms with Crippen molar-refractivity contribution in [2.75, 3.05) is 0 Å². The van der Waals surface area contributed by atoms with Crippen molar-refractivity contribution in [3.8, 4) is 11.3 Å². The number of hydrogen-bond acceptors (Lipinski definition) is 2. The molecule has 0 amide bonds. The summed E-state index contributed by atoms with van der Waals surface area (Å²) in [4.78, 5) is 6.03. The van der Waals surface area contributed by atoms with Crippen molar-refractivity contribution in [1.29, 1.82) is 0 Å². The zero-order valence-corrected chi connectivity index (χ0v) is 19.3. The van der Waals surface area contributed by atoms with Gasteiger partial charge in [-0.2, -0.15) is 0 Å². The van der Waals surface area contributed by atoms with Crippen LogP contribution in [0.5, 0.6) is 0 Å². The molecule has 0 radical (unpaired) electrons. The molecule has 0 bridgehead atoms. The van der Waals surface area contributed by atoms with Gasteiger partial charge in [-0.05, 0) is 54.0 Å². The molecule has 32 heavy (non-hydrogen) atoms. The first kappa shape index (κ1) is 21.0. The Kier molecular flexibility index (Phi) is 6.64. The molecule has 0 spiro atoms. The SMILES string of the molecule is c1ccc(CCn2c(-c3ccc(C4CCCCC4)cc3)csc2=Nc2ccccc2)cc1. The van der Waals surface area contributed by atoms with Crippen LogP contribution in [0.3, 0.4) is 0 Å². The molecule has 1 fully saturated rings. The Balaban J connectivity index is 1.47. The minimum absolute atomic E-state index is 0.745. The minimum atomic E-state index is 0.745. The minimum Gasteiger partial charge on any atom is -0.316 e. The van der Waals surface area contributed by atoms with Gasteiger partial charge >= 0.3 is 0 Å². The predicted molar refractivity (Wildman–Crippen MR) is 135 cm³/mol. The lowest BCUT2D eigenvalue weighted by molar-refractivity contribution is 0.443. The normalized spacial score (nSPS) is 15.2. The van der Waals surface area contributed by atoms with Crippen molar-refractivity contribution in [2.45, 2.75) is 51.0 Å². The zero-order valence-electron chi connectivity index (χ0n) is 18.5. The van der Waals surface area contributed by atoms with E-state index in [9.17, 15) is 0 Å². The van der Waals surface area contributed by atoms with Crippen LogP contribution in [0, 0.1) is 0 Å². The van der Waals surface area contributed by atoms with Crippen LogP contribution in [0.2, 0.25) is 0 Å². The van der Waals surface area contributed by atoms with Gasteiger partial charge in [-0.1, -0.05) is 92.1 Å². The summed E-state index contributed by atoms with van der Waals surface area (Å²) in [5.74, 6) is 0.745. The Morgan fingerprint density at radius 2 is 1.47 bits per heavy atom. The lowest BCUT2D eigenvalue weighted by Crippen LogP contribution is -2.17. The highest BCUT2D eigenvalue weighted by Crippen LogP contribution is 2.33. The summed E-state index contributed by atoms with van der Waals surface area (Å²) in [5.41, 5.74) is 6.41. The van der Waals surface area contributed by atoms with E-state index in [1.807, 2.05) is 18.2 Å². The summed E-state index contributed by atoms with van der Waals surface area (Å²) in [6, 6.07) is 30.4. The summed E-state index contributed by atoms with van der Waals surface area (Å²) in [6.07, 6.45) is 7.83. The molecule has 5 rings (SSSR count). The Labute approximate surface area is 194 Å². The number of rotatable bonds is 6. The molecule has 4 aromatic rings. The van der Waals surface area contributed by atoms with Crippen molar-refractivity contribution in [1.82, 2.24) is 4.57 Å². The first-order chi connectivity index (χ1) is 15.9. The second kappa shape index (κ2) is 10.1. The van der Waals surface area contributed by atoms with Gasteiger partial charge in [-0.15, -0.1) is 11.3 Å². The topological polar surface area (TPSA) is 17.3 Å². The summed E-state index contributed by atoms with van der Waals surface area (Å²) < 4.78 is 2.39. The Morgan fingerprint density at radius 3 is 2.19 bits per heavy atom. The molecule has 2 nitrogen and oxygen atoms in total. The van der Waals surface area contributed by atoms with Crippen LogP contribution in [0.15, 0.2) is 95.3 Å². The molecule has 1 aliphatic rings. The molecule has 1 aliphatic carbocycles. The number of aromatic nitrogens is 1. The molecule has 1 saturated carbocycles. The smallest absolute Gasteiger partial charge is 0.190 e. The number of thiazole rings is 1. The number of benzene rings is 3. The predicted octanol–water partition coefficient (Wildman–Crippen LogP) is 7.74. The van der Waals surface area contributed by atoms with Gasteiger partial charge in [-0.25, -0.2) is 4.99 Å². The third-order valence-corrected chi connectivity index (χ3v) is 7.39. The monoisotopic (exact) mass is 438 g/mol. The molecular formula is C29H30N2S. The highest BCUT2D eigenvalue weighted by molar-refractivity contribution is 7.07. The van der Waals surface area contributed by atoms with Crippen molar-refractivity contribution >= 4 is 17.0 Å². The maximum Gasteiger partial charge on any atom is 0.190 e. The third kappa shape index (κ3) is 4.94. The number of para-hydroxylation sites is 1. The van der Waals surface area contributed by atoms with Gasteiger partial charge in [0.15, 0.2) is 4.80 Å². The highest BCUT2D eigenvalue weighted by Gasteiger charge is 2.16. The first-order valence-corrected chi connectivity index (χ1v) is 12.7. The molecule has 1 aromatic heterocycles. The van der Waals surface area contributed by atoms with Gasteiger partial charge in [0.05, 0.1) is 11.4 Å². The average molecular weight is 439 g/mol. The second-order valence-corrected chi connectivity index (χ2v) is 9.53. The van der Waals surface area contributed by atoms with Crippen molar-refractivity contribution in [2.24, 2.45) is 4.99 Å². The standard InChI is InChI=1S/C29H30N2S/c1-4-10-23(11-5-1)20-21-31-28(22-32-29(31)30-27-14-8-3-9-15-27)26-18-16-25(17-19-26)24-12-6-2-7-13-24/h1,3-5,8-11,14-19,22,24H,2,6-7,12-13,20-21H2. The van der Waals surface area contributed by atoms with Crippen LogP contribution in [0.4, 0.5) is 5.69 Å². The van der Waals surface area contributed by atoms with Crippen LogP contribution >= 0.6 is 11.3 Å². The molecule has 0 atom stereocenters. The quantitative estimate of drug-likeness (QED) is 0.293. The number of aryl methyl sites for hydroxylation is 1. The van der Waals surface area contributed by atoms with Crippen molar-refractivity contribution in [3.63, 3.8) is 0 Å². The van der Waals surface area contributed by atoms with Crippen molar-refractivity contribution < 1.29 is 0 Å². The maximum atomic E-state index is 4.97. The number of nitrogens with zero attached hydrogens (tertiary/aromatic N) is 2. The van der Waals surface area contributed by atoms with Crippen LogP contribution in [-0.2, 0) is 13.0 Å². The zero-order chi connectivity index (χ0) is 21.6. The summed E-state index contributed by atoms with van der Waals surface area (Å²) in [6.45, 7) is 0.916. The fraction of sp³-hybridized carbons (Fsp3) is 0.276. The molecule has 0 unspecified atom stereocenters. The van der Waals surface area contributed by atoms with Gasteiger partial charge < -0.3 is 4.57 Å². The molecule has 0 aliphatic heterocycles. The Morgan fingerprint density at radius 1 is 0.781 bits per heavy atom. The fourth-order valence-electron chi connectivity index (χ4n) is 4.73. The van der Waals surface area contributed by atoms with Gasteiger partial charge in [0, 0.05) is 11.9 Å². The van der Waals surface area contributed by atoms with Gasteiger partial charge in [0.25, 0.3) is 0 Å². The van der Waals surface area contributed by atoms with E-state index < -0.39 is 0 Å². The van der Waals surface area contributed by atoms with E-state index in [4.69, 9.17) is 4.99 Å². The molecular weight excluding hydrogens is 408 g/mol. The molecule has 162 valence electrons. The molecule has 0 N–H and O–H groups in total. The fourth-order valence-corrected chi connectivity index (χ4v) is 5.68. The van der Waals surface area contributed by atoms with E-state index in [0.29, 0.717) is 0 Å². The molecule has 1 heterocycles.